The van der Waals surface area contributed by atoms with Crippen molar-refractivity contribution in [3.05, 3.63) is 75.3 Å². The van der Waals surface area contributed by atoms with Gasteiger partial charge in [0, 0.05) is 55.1 Å². The molecule has 1 heterocycles. The molecular formula is C19H18ClN3O3. The first-order chi connectivity index (χ1) is 12.5. The Morgan fingerprint density at radius 2 is 1.62 bits per heavy atom. The number of amides is 1. The lowest BCUT2D eigenvalue weighted by Gasteiger charge is -2.35. The van der Waals surface area contributed by atoms with Crippen LogP contribution in [-0.4, -0.2) is 41.9 Å². The Bertz CT molecular complexity index is 811. The number of nitrogens with zero attached hydrogens (tertiary/aromatic N) is 3. The minimum atomic E-state index is -0.446. The van der Waals surface area contributed by atoms with E-state index >= 15 is 0 Å². The average molecular weight is 372 g/mol. The molecule has 6 nitrogen and oxygen atoms in total. The summed E-state index contributed by atoms with van der Waals surface area (Å²) in [7, 11) is 0. The molecule has 0 unspecified atom stereocenters. The second-order valence-corrected chi connectivity index (χ2v) is 6.41. The van der Waals surface area contributed by atoms with Crippen molar-refractivity contribution < 1.29 is 9.72 Å². The molecule has 1 fully saturated rings. The number of hydrogen-bond acceptors (Lipinski definition) is 4. The van der Waals surface area contributed by atoms with Crippen LogP contribution in [0.5, 0.6) is 0 Å². The van der Waals surface area contributed by atoms with Gasteiger partial charge in [0.2, 0.25) is 5.91 Å². The van der Waals surface area contributed by atoms with Gasteiger partial charge in [-0.05, 0) is 48.0 Å². The van der Waals surface area contributed by atoms with Crippen LogP contribution in [0.1, 0.15) is 5.56 Å². The normalized spacial score (nSPS) is 14.7. The summed E-state index contributed by atoms with van der Waals surface area (Å²) < 4.78 is 0. The molecule has 3 rings (SSSR count). The van der Waals surface area contributed by atoms with E-state index < -0.39 is 4.92 Å². The van der Waals surface area contributed by atoms with Gasteiger partial charge in [0.15, 0.2) is 0 Å². The lowest BCUT2D eigenvalue weighted by molar-refractivity contribution is -0.384. The van der Waals surface area contributed by atoms with E-state index in [1.807, 2.05) is 24.3 Å². The van der Waals surface area contributed by atoms with E-state index in [2.05, 4.69) is 4.90 Å². The van der Waals surface area contributed by atoms with E-state index in [4.69, 9.17) is 11.6 Å². The van der Waals surface area contributed by atoms with Gasteiger partial charge in [-0.2, -0.15) is 0 Å². The van der Waals surface area contributed by atoms with Crippen molar-refractivity contribution in [3.63, 3.8) is 0 Å². The molecule has 1 aliphatic rings. The number of piperazine rings is 1. The van der Waals surface area contributed by atoms with E-state index in [0.717, 1.165) is 24.3 Å². The highest BCUT2D eigenvalue weighted by molar-refractivity contribution is 6.30. The van der Waals surface area contributed by atoms with E-state index in [9.17, 15) is 14.9 Å². The molecule has 26 heavy (non-hydrogen) atoms. The van der Waals surface area contributed by atoms with Crippen LogP contribution in [0.4, 0.5) is 11.4 Å². The van der Waals surface area contributed by atoms with Gasteiger partial charge in [-0.1, -0.05) is 11.6 Å². The molecule has 2 aromatic carbocycles. The zero-order valence-electron chi connectivity index (χ0n) is 14.0. The van der Waals surface area contributed by atoms with Crippen molar-refractivity contribution in [3.8, 4) is 0 Å². The number of benzene rings is 2. The molecule has 1 amide bonds. The Hall–Kier alpha value is -2.86. The van der Waals surface area contributed by atoms with Crippen LogP contribution in [0.3, 0.4) is 0 Å². The summed E-state index contributed by atoms with van der Waals surface area (Å²) in [5.74, 6) is -0.0564. The maximum atomic E-state index is 12.3. The van der Waals surface area contributed by atoms with Gasteiger partial charge < -0.3 is 9.80 Å². The number of hydrogen-bond donors (Lipinski definition) is 0. The van der Waals surface area contributed by atoms with Crippen molar-refractivity contribution in [1.29, 1.82) is 0 Å². The van der Waals surface area contributed by atoms with E-state index in [0.29, 0.717) is 18.1 Å². The lowest BCUT2D eigenvalue weighted by atomic mass is 10.2. The highest BCUT2D eigenvalue weighted by Gasteiger charge is 2.19. The summed E-state index contributed by atoms with van der Waals surface area (Å²) in [6.07, 6.45) is 3.19. The Balaban J connectivity index is 1.54. The van der Waals surface area contributed by atoms with Gasteiger partial charge in [0.25, 0.3) is 5.69 Å². The van der Waals surface area contributed by atoms with Crippen LogP contribution < -0.4 is 4.90 Å². The van der Waals surface area contributed by atoms with Crippen LogP contribution >= 0.6 is 11.6 Å². The number of non-ortho nitro benzene ring substituents is 1. The topological polar surface area (TPSA) is 66.7 Å². The maximum absolute atomic E-state index is 12.3. The van der Waals surface area contributed by atoms with Gasteiger partial charge in [-0.15, -0.1) is 0 Å². The van der Waals surface area contributed by atoms with E-state index in [1.54, 1.807) is 23.1 Å². The number of nitro groups is 1. The van der Waals surface area contributed by atoms with Crippen LogP contribution in [0.25, 0.3) is 6.08 Å². The molecule has 0 aliphatic carbocycles. The van der Waals surface area contributed by atoms with Crippen molar-refractivity contribution in [2.75, 3.05) is 31.1 Å². The first kappa shape index (κ1) is 17.9. The van der Waals surface area contributed by atoms with Gasteiger partial charge >= 0.3 is 0 Å². The van der Waals surface area contributed by atoms with Gasteiger partial charge in [0.05, 0.1) is 4.92 Å². The maximum Gasteiger partial charge on any atom is 0.269 e. The van der Waals surface area contributed by atoms with Crippen molar-refractivity contribution in [2.24, 2.45) is 0 Å². The quantitative estimate of drug-likeness (QED) is 0.468. The predicted octanol–water partition coefficient (Wildman–Crippen LogP) is 3.61. The summed E-state index contributed by atoms with van der Waals surface area (Å²) in [6.45, 7) is 2.82. The summed E-state index contributed by atoms with van der Waals surface area (Å²) in [5.41, 5.74) is 1.89. The molecule has 0 bridgehead atoms. The third-order valence-corrected chi connectivity index (χ3v) is 4.56. The average Bonchev–Trinajstić information content (AvgIpc) is 2.67. The minimum Gasteiger partial charge on any atom is -0.368 e. The standard InChI is InChI=1S/C19H18ClN3O3/c20-16-4-8-17(9-5-16)21-11-13-22(14-12-21)19(24)10-3-15-1-6-18(7-2-15)23(25)26/h1-10H,11-14H2. The van der Waals surface area contributed by atoms with E-state index in [1.165, 1.54) is 18.2 Å². The zero-order valence-corrected chi connectivity index (χ0v) is 14.8. The smallest absolute Gasteiger partial charge is 0.269 e. The predicted molar refractivity (Wildman–Crippen MR) is 102 cm³/mol. The number of carbonyl (C=O) groups excluding carboxylic acids is 1. The molecular weight excluding hydrogens is 354 g/mol. The van der Waals surface area contributed by atoms with Crippen molar-refractivity contribution in [2.45, 2.75) is 0 Å². The van der Waals surface area contributed by atoms with Gasteiger partial charge in [-0.3, -0.25) is 14.9 Å². The molecule has 0 N–H and O–H groups in total. The minimum absolute atomic E-state index is 0.0341. The fourth-order valence-electron chi connectivity index (χ4n) is 2.82. The summed E-state index contributed by atoms with van der Waals surface area (Å²) in [4.78, 5) is 26.6. The molecule has 2 aromatic rings. The Labute approximate surface area is 156 Å². The SMILES string of the molecule is O=C(C=Cc1ccc([N+](=O)[O-])cc1)N1CCN(c2ccc(Cl)cc2)CC1. The highest BCUT2D eigenvalue weighted by Crippen LogP contribution is 2.19. The number of anilines is 1. The largest absolute Gasteiger partial charge is 0.368 e. The molecule has 7 heteroatoms. The monoisotopic (exact) mass is 371 g/mol. The molecule has 0 spiro atoms. The van der Waals surface area contributed by atoms with Gasteiger partial charge in [-0.25, -0.2) is 0 Å². The lowest BCUT2D eigenvalue weighted by Crippen LogP contribution is -2.48. The molecule has 1 saturated heterocycles. The molecule has 0 atom stereocenters. The summed E-state index contributed by atoms with van der Waals surface area (Å²) in [6, 6.07) is 13.8. The first-order valence-corrected chi connectivity index (χ1v) is 8.63. The first-order valence-electron chi connectivity index (χ1n) is 8.25. The molecule has 0 radical (unpaired) electrons. The number of halogens is 1. The number of rotatable bonds is 4. The zero-order chi connectivity index (χ0) is 18.5. The van der Waals surface area contributed by atoms with Crippen LogP contribution in [0, 0.1) is 10.1 Å². The Kier molecular flexibility index (Phi) is 5.53. The second kappa shape index (κ2) is 8.01. The molecule has 1 aliphatic heterocycles. The fourth-order valence-corrected chi connectivity index (χ4v) is 2.94. The van der Waals surface area contributed by atoms with Gasteiger partial charge in [0.1, 0.15) is 0 Å². The molecule has 134 valence electrons. The third-order valence-electron chi connectivity index (χ3n) is 4.31. The summed E-state index contributed by atoms with van der Waals surface area (Å²) >= 11 is 5.91. The van der Waals surface area contributed by atoms with E-state index in [-0.39, 0.29) is 11.6 Å². The second-order valence-electron chi connectivity index (χ2n) is 5.97. The molecule has 0 saturated carbocycles. The Morgan fingerprint density at radius 3 is 2.19 bits per heavy atom. The van der Waals surface area contributed by atoms with Crippen LogP contribution in [0.2, 0.25) is 5.02 Å². The number of carbonyl (C=O) groups is 1. The third kappa shape index (κ3) is 4.40. The van der Waals surface area contributed by atoms with Crippen molar-refractivity contribution >= 4 is 35.0 Å². The summed E-state index contributed by atoms with van der Waals surface area (Å²) in [5, 5.41) is 11.4. The van der Waals surface area contributed by atoms with Crippen LogP contribution in [0.15, 0.2) is 54.6 Å². The van der Waals surface area contributed by atoms with Crippen molar-refractivity contribution in [1.82, 2.24) is 4.90 Å². The van der Waals surface area contributed by atoms with Crippen LogP contribution in [-0.2, 0) is 4.79 Å². The Morgan fingerprint density at radius 1 is 1.00 bits per heavy atom. The number of nitro benzene ring substituents is 1. The molecule has 0 aromatic heterocycles. The highest BCUT2D eigenvalue weighted by atomic mass is 35.5. The fraction of sp³-hybridized carbons (Fsp3) is 0.211.